The van der Waals surface area contributed by atoms with Crippen molar-refractivity contribution in [2.75, 3.05) is 20.1 Å². The van der Waals surface area contributed by atoms with Crippen LogP contribution in [0.15, 0.2) is 0 Å². The van der Waals surface area contributed by atoms with E-state index < -0.39 is 0 Å². The van der Waals surface area contributed by atoms with Gasteiger partial charge in [-0.25, -0.2) is 0 Å². The molecule has 2 rings (SSSR count). The van der Waals surface area contributed by atoms with Crippen LogP contribution in [0.4, 0.5) is 0 Å². The number of rotatable bonds is 0. The van der Waals surface area contributed by atoms with Gasteiger partial charge in [0.05, 0.1) is 0 Å². The average molecular weight is 154 g/mol. The molecule has 0 radical (unpaired) electrons. The number of piperidine rings is 1. The zero-order valence-corrected chi connectivity index (χ0v) is 7.29. The highest BCUT2D eigenvalue weighted by Gasteiger charge is 2.36. The summed E-state index contributed by atoms with van der Waals surface area (Å²) >= 11 is 0. The second kappa shape index (κ2) is 2.76. The summed E-state index contributed by atoms with van der Waals surface area (Å²) in [5.74, 6) is 1.77. The smallest absolute Gasteiger partial charge is 0.00821 e. The number of nitrogens with zero attached hydrogens (tertiary/aromatic N) is 1. The van der Waals surface area contributed by atoms with Crippen LogP contribution in [-0.4, -0.2) is 31.1 Å². The highest BCUT2D eigenvalue weighted by molar-refractivity contribution is 4.91. The molecule has 0 amide bonds. The fourth-order valence-corrected chi connectivity index (χ4v) is 2.66. The van der Waals surface area contributed by atoms with Gasteiger partial charge in [-0.15, -0.1) is 0 Å². The molecular formula is C9H18N2. The minimum Gasteiger partial charge on any atom is -0.327 e. The Hall–Kier alpha value is -0.0800. The largest absolute Gasteiger partial charge is 0.327 e. The normalized spacial score (nSPS) is 45.8. The van der Waals surface area contributed by atoms with Crippen molar-refractivity contribution in [2.24, 2.45) is 17.6 Å². The molecule has 1 saturated carbocycles. The first-order valence-electron chi connectivity index (χ1n) is 4.71. The molecule has 0 aromatic carbocycles. The molecular weight excluding hydrogens is 136 g/mol. The van der Waals surface area contributed by atoms with E-state index in [0.717, 1.165) is 11.8 Å². The van der Waals surface area contributed by atoms with Crippen LogP contribution in [0.25, 0.3) is 0 Å². The van der Waals surface area contributed by atoms with Crippen LogP contribution >= 0.6 is 0 Å². The van der Waals surface area contributed by atoms with Crippen molar-refractivity contribution in [1.29, 1.82) is 0 Å². The van der Waals surface area contributed by atoms with Crippen LogP contribution in [0, 0.1) is 11.8 Å². The summed E-state index contributed by atoms with van der Waals surface area (Å²) in [6, 6.07) is 0.503. The number of hydrogen-bond acceptors (Lipinski definition) is 2. The molecule has 3 atom stereocenters. The van der Waals surface area contributed by atoms with Gasteiger partial charge in [-0.05, 0) is 44.7 Å². The van der Waals surface area contributed by atoms with E-state index in [0.29, 0.717) is 6.04 Å². The average Bonchev–Trinajstić information content (AvgIpc) is 2.33. The highest BCUT2D eigenvalue weighted by atomic mass is 15.1. The van der Waals surface area contributed by atoms with Crippen molar-refractivity contribution in [3.8, 4) is 0 Å². The van der Waals surface area contributed by atoms with Crippen LogP contribution < -0.4 is 5.73 Å². The third-order valence-corrected chi connectivity index (χ3v) is 3.43. The molecule has 1 aliphatic carbocycles. The van der Waals surface area contributed by atoms with Gasteiger partial charge < -0.3 is 10.6 Å². The summed E-state index contributed by atoms with van der Waals surface area (Å²) in [6.07, 6.45) is 4.04. The Kier molecular flexibility index (Phi) is 1.90. The summed E-state index contributed by atoms with van der Waals surface area (Å²) in [7, 11) is 2.21. The van der Waals surface area contributed by atoms with Gasteiger partial charge in [0.2, 0.25) is 0 Å². The van der Waals surface area contributed by atoms with Crippen LogP contribution in [0.2, 0.25) is 0 Å². The van der Waals surface area contributed by atoms with Gasteiger partial charge in [0.15, 0.2) is 0 Å². The van der Waals surface area contributed by atoms with Gasteiger partial charge >= 0.3 is 0 Å². The summed E-state index contributed by atoms with van der Waals surface area (Å²) in [4.78, 5) is 2.42. The minimum absolute atomic E-state index is 0.503. The fraction of sp³-hybridized carbons (Fsp3) is 1.00. The lowest BCUT2D eigenvalue weighted by atomic mass is 9.87. The molecule has 0 aromatic rings. The van der Waals surface area contributed by atoms with Crippen molar-refractivity contribution >= 4 is 0 Å². The van der Waals surface area contributed by atoms with E-state index in [1.54, 1.807) is 0 Å². The predicted octanol–water partition coefficient (Wildman–Crippen LogP) is 0.675. The lowest BCUT2D eigenvalue weighted by Crippen LogP contribution is -2.42. The van der Waals surface area contributed by atoms with Gasteiger partial charge in [-0.1, -0.05) is 0 Å². The van der Waals surface area contributed by atoms with E-state index in [1.807, 2.05) is 0 Å². The van der Waals surface area contributed by atoms with Gasteiger partial charge in [0.25, 0.3) is 0 Å². The lowest BCUT2D eigenvalue weighted by Gasteiger charge is -2.34. The topological polar surface area (TPSA) is 29.3 Å². The van der Waals surface area contributed by atoms with Crippen molar-refractivity contribution in [1.82, 2.24) is 4.90 Å². The van der Waals surface area contributed by atoms with Gasteiger partial charge in [-0.2, -0.15) is 0 Å². The van der Waals surface area contributed by atoms with Crippen LogP contribution in [0.5, 0.6) is 0 Å². The Bertz CT molecular complexity index is 146. The van der Waals surface area contributed by atoms with E-state index in [2.05, 4.69) is 11.9 Å². The summed E-state index contributed by atoms with van der Waals surface area (Å²) in [6.45, 7) is 2.53. The molecule has 0 spiro atoms. The van der Waals surface area contributed by atoms with Gasteiger partial charge in [0.1, 0.15) is 0 Å². The number of likely N-dealkylation sites (tertiary alicyclic amines) is 1. The van der Waals surface area contributed by atoms with Gasteiger partial charge in [-0.3, -0.25) is 0 Å². The Balaban J connectivity index is 2.01. The fourth-order valence-electron chi connectivity index (χ4n) is 2.66. The molecule has 2 fully saturated rings. The Morgan fingerprint density at radius 3 is 2.91 bits per heavy atom. The van der Waals surface area contributed by atoms with E-state index in [-0.39, 0.29) is 0 Å². The predicted molar refractivity (Wildman–Crippen MR) is 46.3 cm³/mol. The SMILES string of the molecule is CN1CC[C@@H]2CCC(N)[C@@H]2C1. The molecule has 1 saturated heterocycles. The number of hydrogen-bond donors (Lipinski definition) is 1. The highest BCUT2D eigenvalue weighted by Crippen LogP contribution is 2.36. The monoisotopic (exact) mass is 154 g/mol. The van der Waals surface area contributed by atoms with Gasteiger partial charge in [0, 0.05) is 12.6 Å². The summed E-state index contributed by atoms with van der Waals surface area (Å²) in [5.41, 5.74) is 6.02. The Morgan fingerprint density at radius 1 is 1.27 bits per heavy atom. The van der Waals surface area contributed by atoms with E-state index in [1.165, 1.54) is 32.4 Å². The van der Waals surface area contributed by atoms with Crippen LogP contribution in [-0.2, 0) is 0 Å². The van der Waals surface area contributed by atoms with Crippen molar-refractivity contribution < 1.29 is 0 Å². The molecule has 64 valence electrons. The molecule has 11 heavy (non-hydrogen) atoms. The van der Waals surface area contributed by atoms with Crippen molar-refractivity contribution in [2.45, 2.75) is 25.3 Å². The van der Waals surface area contributed by atoms with E-state index in [9.17, 15) is 0 Å². The van der Waals surface area contributed by atoms with Crippen LogP contribution in [0.1, 0.15) is 19.3 Å². The first-order valence-corrected chi connectivity index (χ1v) is 4.71. The third kappa shape index (κ3) is 1.30. The van der Waals surface area contributed by atoms with Crippen molar-refractivity contribution in [3.05, 3.63) is 0 Å². The maximum atomic E-state index is 6.02. The zero-order valence-electron chi connectivity index (χ0n) is 7.29. The summed E-state index contributed by atoms with van der Waals surface area (Å²) < 4.78 is 0. The molecule has 2 N–H and O–H groups in total. The minimum atomic E-state index is 0.503. The molecule has 0 aromatic heterocycles. The second-order valence-electron chi connectivity index (χ2n) is 4.22. The molecule has 2 heteroatoms. The molecule has 1 heterocycles. The Labute approximate surface area is 68.7 Å². The first-order chi connectivity index (χ1) is 5.27. The third-order valence-electron chi connectivity index (χ3n) is 3.43. The number of nitrogens with two attached hydrogens (primary N) is 1. The maximum absolute atomic E-state index is 6.02. The summed E-state index contributed by atoms with van der Waals surface area (Å²) in [5, 5.41) is 0. The molecule has 1 unspecified atom stereocenters. The van der Waals surface area contributed by atoms with E-state index >= 15 is 0 Å². The molecule has 2 nitrogen and oxygen atoms in total. The molecule has 1 aliphatic heterocycles. The second-order valence-corrected chi connectivity index (χ2v) is 4.22. The Morgan fingerprint density at radius 2 is 2.09 bits per heavy atom. The lowest BCUT2D eigenvalue weighted by molar-refractivity contribution is 0.157. The quantitative estimate of drug-likeness (QED) is 0.556. The maximum Gasteiger partial charge on any atom is 0.00821 e. The first kappa shape index (κ1) is 7.56. The standard InChI is InChI=1S/C9H18N2/c1-11-5-4-7-2-3-9(10)8(7)6-11/h7-9H,2-6,10H2,1H3/t7-,8+,9?/m0/s1. The zero-order chi connectivity index (χ0) is 7.84. The number of fused-ring (bicyclic) bond motifs is 1. The van der Waals surface area contributed by atoms with Crippen LogP contribution in [0.3, 0.4) is 0 Å². The molecule has 2 aliphatic rings. The van der Waals surface area contributed by atoms with E-state index in [4.69, 9.17) is 5.73 Å². The van der Waals surface area contributed by atoms with Crippen molar-refractivity contribution in [3.63, 3.8) is 0 Å². The molecule has 0 bridgehead atoms.